The van der Waals surface area contributed by atoms with Crippen LogP contribution in [0.5, 0.6) is 11.5 Å². The Morgan fingerprint density at radius 3 is 1.95 bits per heavy atom. The van der Waals surface area contributed by atoms with Crippen molar-refractivity contribution < 1.29 is 58.6 Å². The third kappa shape index (κ3) is 6.33. The SMILES string of the molecule is COc1c(NC(=O)c2ccccc2)cccc1C(=O)Nc1c(C)cc(C(F)(C(F)(F)F)C(F)(F)F)cc1OC(F)F. The number of hydrogen-bond acceptors (Lipinski definition) is 4. The highest BCUT2D eigenvalue weighted by Gasteiger charge is 2.73. The molecule has 0 aliphatic heterocycles. The zero-order valence-corrected chi connectivity index (χ0v) is 20.9. The molecular formula is C26H19F9N2O4. The second kappa shape index (κ2) is 11.6. The van der Waals surface area contributed by atoms with E-state index in [1.54, 1.807) is 18.2 Å². The van der Waals surface area contributed by atoms with Crippen molar-refractivity contribution in [1.82, 2.24) is 0 Å². The van der Waals surface area contributed by atoms with Crippen LogP contribution < -0.4 is 20.1 Å². The molecule has 0 saturated carbocycles. The molecule has 0 unspecified atom stereocenters. The zero-order valence-electron chi connectivity index (χ0n) is 20.9. The van der Waals surface area contributed by atoms with Crippen LogP contribution in [0.15, 0.2) is 60.7 Å². The van der Waals surface area contributed by atoms with Gasteiger partial charge >= 0.3 is 24.6 Å². The number of amides is 2. The quantitative estimate of drug-likeness (QED) is 0.267. The highest BCUT2D eigenvalue weighted by Crippen LogP contribution is 2.54. The Hall–Kier alpha value is -4.43. The summed E-state index contributed by atoms with van der Waals surface area (Å²) in [6, 6.07) is 11.6. The van der Waals surface area contributed by atoms with Gasteiger partial charge in [-0.1, -0.05) is 24.3 Å². The van der Waals surface area contributed by atoms with Crippen LogP contribution in [0.1, 0.15) is 31.8 Å². The van der Waals surface area contributed by atoms with Gasteiger partial charge in [0.1, 0.15) is 5.75 Å². The number of ether oxygens (including phenoxy) is 2. The van der Waals surface area contributed by atoms with Crippen LogP contribution in [0.25, 0.3) is 0 Å². The lowest BCUT2D eigenvalue weighted by molar-refractivity contribution is -0.348. The summed E-state index contributed by atoms with van der Waals surface area (Å²) in [4.78, 5) is 25.7. The normalized spacial score (nSPS) is 12.2. The molecule has 0 spiro atoms. The van der Waals surface area contributed by atoms with Crippen molar-refractivity contribution in [2.75, 3.05) is 17.7 Å². The Bertz CT molecular complexity index is 1410. The maximum Gasteiger partial charge on any atom is 0.435 e. The number of anilines is 2. The maximum atomic E-state index is 14.6. The lowest BCUT2D eigenvalue weighted by atomic mass is 9.92. The number of carbonyl (C=O) groups excluding carboxylic acids is 2. The van der Waals surface area contributed by atoms with Gasteiger partial charge in [0, 0.05) is 11.1 Å². The van der Waals surface area contributed by atoms with E-state index < -0.39 is 59.0 Å². The van der Waals surface area contributed by atoms with Gasteiger partial charge in [-0.05, 0) is 48.9 Å². The van der Waals surface area contributed by atoms with Crippen LogP contribution in [0, 0.1) is 6.92 Å². The van der Waals surface area contributed by atoms with Crippen molar-refractivity contribution in [3.05, 3.63) is 82.9 Å². The van der Waals surface area contributed by atoms with Crippen LogP contribution in [0.3, 0.4) is 0 Å². The average molecular weight is 594 g/mol. The Morgan fingerprint density at radius 2 is 1.41 bits per heavy atom. The highest BCUT2D eigenvalue weighted by atomic mass is 19.4. The first-order valence-corrected chi connectivity index (χ1v) is 11.3. The molecule has 3 aromatic rings. The van der Waals surface area contributed by atoms with Gasteiger partial charge in [-0.3, -0.25) is 9.59 Å². The monoisotopic (exact) mass is 594 g/mol. The first-order valence-electron chi connectivity index (χ1n) is 11.3. The van der Waals surface area contributed by atoms with Crippen LogP contribution in [0.4, 0.5) is 50.9 Å². The largest absolute Gasteiger partial charge is 0.494 e. The molecule has 3 aromatic carbocycles. The van der Waals surface area contributed by atoms with Crippen LogP contribution in [-0.4, -0.2) is 37.9 Å². The van der Waals surface area contributed by atoms with Crippen molar-refractivity contribution in [3.8, 4) is 11.5 Å². The second-order valence-electron chi connectivity index (χ2n) is 8.36. The van der Waals surface area contributed by atoms with E-state index in [4.69, 9.17) is 4.74 Å². The number of hydrogen-bond donors (Lipinski definition) is 2. The summed E-state index contributed by atoms with van der Waals surface area (Å²) in [7, 11) is 1.13. The molecule has 3 rings (SSSR count). The van der Waals surface area contributed by atoms with Gasteiger partial charge in [0.05, 0.1) is 24.0 Å². The molecule has 0 heterocycles. The molecule has 0 radical (unpaired) electrons. The van der Waals surface area contributed by atoms with Gasteiger partial charge in [0.15, 0.2) is 5.75 Å². The number of para-hydroxylation sites is 1. The maximum absolute atomic E-state index is 14.6. The molecule has 220 valence electrons. The molecule has 0 aromatic heterocycles. The lowest BCUT2D eigenvalue weighted by Crippen LogP contribution is -2.50. The zero-order chi connectivity index (χ0) is 30.8. The number of benzene rings is 3. The molecule has 0 fully saturated rings. The number of alkyl halides is 9. The van der Waals surface area contributed by atoms with Gasteiger partial charge in [-0.15, -0.1) is 0 Å². The Labute approximate surface area is 226 Å². The van der Waals surface area contributed by atoms with Gasteiger partial charge in [-0.25, -0.2) is 4.39 Å². The minimum atomic E-state index is -6.53. The van der Waals surface area contributed by atoms with Gasteiger partial charge in [-0.2, -0.15) is 35.1 Å². The molecule has 15 heteroatoms. The van der Waals surface area contributed by atoms with E-state index in [2.05, 4.69) is 15.4 Å². The fourth-order valence-corrected chi connectivity index (χ4v) is 3.79. The van der Waals surface area contributed by atoms with Crippen molar-refractivity contribution >= 4 is 23.2 Å². The van der Waals surface area contributed by atoms with E-state index in [0.717, 1.165) is 14.0 Å². The van der Waals surface area contributed by atoms with E-state index in [1.165, 1.54) is 30.3 Å². The summed E-state index contributed by atoms with van der Waals surface area (Å²) >= 11 is 0. The molecule has 6 nitrogen and oxygen atoms in total. The van der Waals surface area contributed by atoms with Gasteiger partial charge in [0.2, 0.25) is 0 Å². The molecule has 0 saturated heterocycles. The molecule has 41 heavy (non-hydrogen) atoms. The minimum absolute atomic E-state index is 0.0114. The molecule has 0 atom stereocenters. The number of carbonyl (C=O) groups is 2. The molecule has 0 bridgehead atoms. The third-order valence-corrected chi connectivity index (χ3v) is 5.68. The summed E-state index contributed by atoms with van der Waals surface area (Å²) in [6.45, 7) is -2.93. The fraction of sp³-hybridized carbons (Fsp3) is 0.231. The predicted molar refractivity (Wildman–Crippen MR) is 128 cm³/mol. The van der Waals surface area contributed by atoms with Gasteiger partial charge in [0.25, 0.3) is 11.8 Å². The first kappa shape index (κ1) is 31.1. The highest BCUT2D eigenvalue weighted by molar-refractivity contribution is 6.10. The van der Waals surface area contributed by atoms with E-state index in [9.17, 15) is 49.1 Å². The number of methoxy groups -OCH3 is 1. The molecule has 0 aliphatic carbocycles. The smallest absolute Gasteiger partial charge is 0.435 e. The molecule has 2 N–H and O–H groups in total. The molecule has 0 aliphatic rings. The summed E-state index contributed by atoms with van der Waals surface area (Å²) in [5.74, 6) is -3.33. The van der Waals surface area contributed by atoms with Gasteiger partial charge < -0.3 is 20.1 Å². The topological polar surface area (TPSA) is 76.7 Å². The number of rotatable bonds is 8. The minimum Gasteiger partial charge on any atom is -0.494 e. The average Bonchev–Trinajstić information content (AvgIpc) is 2.88. The summed E-state index contributed by atoms with van der Waals surface area (Å²) in [5, 5.41) is 4.58. The van der Waals surface area contributed by atoms with Crippen LogP contribution in [-0.2, 0) is 5.67 Å². The Kier molecular flexibility index (Phi) is 8.79. The van der Waals surface area contributed by atoms with Crippen molar-refractivity contribution in [3.63, 3.8) is 0 Å². The van der Waals surface area contributed by atoms with Crippen molar-refractivity contribution in [1.29, 1.82) is 0 Å². The fourth-order valence-electron chi connectivity index (χ4n) is 3.79. The van der Waals surface area contributed by atoms with E-state index >= 15 is 0 Å². The van der Waals surface area contributed by atoms with Crippen LogP contribution >= 0.6 is 0 Å². The van der Waals surface area contributed by atoms with Crippen molar-refractivity contribution in [2.45, 2.75) is 31.6 Å². The number of nitrogens with one attached hydrogen (secondary N) is 2. The third-order valence-electron chi connectivity index (χ3n) is 5.68. The summed E-state index contributed by atoms with van der Waals surface area (Å²) < 4.78 is 130. The Morgan fingerprint density at radius 1 is 0.805 bits per heavy atom. The van der Waals surface area contributed by atoms with E-state index in [1.807, 2.05) is 0 Å². The number of halogens is 9. The summed E-state index contributed by atoms with van der Waals surface area (Å²) in [6.07, 6.45) is -13.1. The standard InChI is InChI=1S/C26H19F9N2O4/c1-13-11-15(24(29,25(30,31)32)26(33,34)35)12-18(41-23(27)28)19(13)37-22(39)16-9-6-10-17(20(16)40-2)36-21(38)14-7-4-3-5-8-14/h3-12,23H,1-2H3,(H,36,38)(H,37,39). The van der Waals surface area contributed by atoms with Crippen molar-refractivity contribution in [2.24, 2.45) is 0 Å². The Balaban J connectivity index is 2.05. The second-order valence-corrected chi connectivity index (χ2v) is 8.36. The summed E-state index contributed by atoms with van der Waals surface area (Å²) in [5.41, 5.74) is -9.57. The number of aryl methyl sites for hydroxylation is 1. The van der Waals surface area contributed by atoms with Crippen LogP contribution in [0.2, 0.25) is 0 Å². The molecular weight excluding hydrogens is 575 g/mol. The predicted octanol–water partition coefficient (Wildman–Crippen LogP) is 7.40. The van der Waals surface area contributed by atoms with E-state index in [-0.39, 0.29) is 34.7 Å². The lowest BCUT2D eigenvalue weighted by Gasteiger charge is -2.31. The van der Waals surface area contributed by atoms with E-state index in [0.29, 0.717) is 0 Å². The molecule has 2 amide bonds. The first-order chi connectivity index (χ1) is 19.0.